The number of aromatic nitrogens is 3. The molecule has 0 saturated heterocycles. The van der Waals surface area contributed by atoms with E-state index in [2.05, 4.69) is 67.4 Å². The Morgan fingerprint density at radius 2 is 1.96 bits per heavy atom. The largest absolute Gasteiger partial charge is 0.382 e. The Morgan fingerprint density at radius 3 is 2.60 bits per heavy atom. The normalized spacial score (nSPS) is 19.4. The van der Waals surface area contributed by atoms with Crippen molar-refractivity contribution in [2.45, 2.75) is 53.9 Å². The molecule has 3 N–H and O–H groups in total. The van der Waals surface area contributed by atoms with Gasteiger partial charge in [-0.25, -0.2) is 5.10 Å². The number of nitrogens with one attached hydrogen (secondary N) is 1. The van der Waals surface area contributed by atoms with Gasteiger partial charge < -0.3 is 5.73 Å². The van der Waals surface area contributed by atoms with Crippen molar-refractivity contribution in [3.05, 3.63) is 58.4 Å². The third-order valence-corrected chi connectivity index (χ3v) is 4.74. The van der Waals surface area contributed by atoms with Crippen LogP contribution in [-0.2, 0) is 0 Å². The van der Waals surface area contributed by atoms with Crippen LogP contribution < -0.4 is 5.73 Å². The monoisotopic (exact) mass is 338 g/mol. The average molecular weight is 338 g/mol. The highest BCUT2D eigenvalue weighted by atomic mass is 15.3. The molecular formula is C21H30N4. The fourth-order valence-corrected chi connectivity index (χ4v) is 3.25. The van der Waals surface area contributed by atoms with E-state index >= 15 is 0 Å². The maximum absolute atomic E-state index is 5.73. The molecule has 0 bridgehead atoms. The fraction of sp³-hybridized carbons (Fsp3) is 0.429. The molecule has 1 aliphatic rings. The third-order valence-electron chi connectivity index (χ3n) is 4.74. The van der Waals surface area contributed by atoms with Crippen molar-refractivity contribution in [1.82, 2.24) is 15.4 Å². The lowest BCUT2D eigenvalue weighted by Gasteiger charge is -2.32. The molecule has 1 heterocycles. The van der Waals surface area contributed by atoms with Gasteiger partial charge in [-0.1, -0.05) is 60.6 Å². The van der Waals surface area contributed by atoms with E-state index in [1.54, 1.807) is 0 Å². The van der Waals surface area contributed by atoms with Crippen LogP contribution in [0, 0.1) is 5.41 Å². The minimum atomic E-state index is 0.284. The van der Waals surface area contributed by atoms with E-state index in [4.69, 9.17) is 5.73 Å². The smallest absolute Gasteiger partial charge is 0.146 e. The fourth-order valence-electron chi connectivity index (χ4n) is 3.25. The Kier molecular flexibility index (Phi) is 6.18. The van der Waals surface area contributed by atoms with Crippen molar-refractivity contribution < 1.29 is 0 Å². The second kappa shape index (κ2) is 8.15. The Morgan fingerprint density at radius 1 is 1.20 bits per heavy atom. The van der Waals surface area contributed by atoms with Gasteiger partial charge in [0, 0.05) is 0 Å². The van der Waals surface area contributed by atoms with Crippen molar-refractivity contribution in [2.24, 2.45) is 5.41 Å². The highest BCUT2D eigenvalue weighted by Gasteiger charge is 2.26. The molecule has 0 aliphatic heterocycles. The van der Waals surface area contributed by atoms with Crippen molar-refractivity contribution in [3.63, 3.8) is 0 Å². The van der Waals surface area contributed by atoms with Crippen LogP contribution in [0.3, 0.4) is 0 Å². The lowest BCUT2D eigenvalue weighted by molar-refractivity contribution is 0.377. The van der Waals surface area contributed by atoms with Crippen LogP contribution in [0.1, 0.15) is 59.6 Å². The predicted molar refractivity (Wildman–Crippen MR) is 107 cm³/mol. The van der Waals surface area contributed by atoms with Gasteiger partial charge in [0.05, 0.1) is 0 Å². The summed E-state index contributed by atoms with van der Waals surface area (Å²) in [5, 5.41) is 10.2. The summed E-state index contributed by atoms with van der Waals surface area (Å²) in [5.74, 6) is 0.487. The van der Waals surface area contributed by atoms with Gasteiger partial charge in [0.25, 0.3) is 0 Å². The second-order valence-corrected chi connectivity index (χ2v) is 7.53. The first kappa shape index (κ1) is 19.0. The Bertz CT molecular complexity index is 755. The first-order chi connectivity index (χ1) is 11.8. The standard InChI is InChI=1S/C21H30N4/c1-15(11-12-18-17(3)10-7-13-21(18,4)5)8-6-9-16(2)14-19-20(22)24-25-23-19/h6,8-9,11-12,14H,7,10,13H2,1-5H3,(H3,22,23,24,25)/b9-6+,12-11+,15-8+,16-14+. The van der Waals surface area contributed by atoms with Gasteiger partial charge in [0.2, 0.25) is 0 Å². The molecule has 0 saturated carbocycles. The number of anilines is 1. The van der Waals surface area contributed by atoms with Gasteiger partial charge in [0.1, 0.15) is 11.5 Å². The van der Waals surface area contributed by atoms with Gasteiger partial charge in [0.15, 0.2) is 0 Å². The summed E-state index contributed by atoms with van der Waals surface area (Å²) < 4.78 is 0. The Labute approximate surface area is 151 Å². The van der Waals surface area contributed by atoms with Crippen molar-refractivity contribution >= 4 is 11.9 Å². The van der Waals surface area contributed by atoms with Crippen LogP contribution in [0.4, 0.5) is 5.82 Å². The summed E-state index contributed by atoms with van der Waals surface area (Å²) in [6.45, 7) is 11.1. The maximum atomic E-state index is 5.73. The molecule has 0 aromatic carbocycles. The van der Waals surface area contributed by atoms with E-state index in [-0.39, 0.29) is 5.41 Å². The summed E-state index contributed by atoms with van der Waals surface area (Å²) in [6, 6.07) is 0. The highest BCUT2D eigenvalue weighted by molar-refractivity contribution is 5.60. The summed E-state index contributed by atoms with van der Waals surface area (Å²) in [5.41, 5.74) is 12.0. The molecule has 2 rings (SSSR count). The van der Waals surface area contributed by atoms with Gasteiger partial charge in [-0.3, -0.25) is 0 Å². The molecule has 4 nitrogen and oxygen atoms in total. The van der Waals surface area contributed by atoms with E-state index in [0.29, 0.717) is 11.5 Å². The van der Waals surface area contributed by atoms with Crippen LogP contribution >= 0.6 is 0 Å². The van der Waals surface area contributed by atoms with Crippen LogP contribution in [-0.4, -0.2) is 15.4 Å². The molecule has 0 fully saturated rings. The molecule has 0 unspecified atom stereocenters. The number of allylic oxidation sites excluding steroid dienone is 9. The number of nitrogen functional groups attached to an aromatic ring is 1. The number of nitrogens with two attached hydrogens (primary N) is 1. The van der Waals surface area contributed by atoms with Gasteiger partial charge >= 0.3 is 0 Å². The minimum absolute atomic E-state index is 0.284. The zero-order valence-corrected chi connectivity index (χ0v) is 16.1. The number of nitrogens with zero attached hydrogens (tertiary/aromatic N) is 2. The first-order valence-corrected chi connectivity index (χ1v) is 8.88. The topological polar surface area (TPSA) is 67.6 Å². The summed E-state index contributed by atoms with van der Waals surface area (Å²) in [6.07, 6.45) is 16.4. The quantitative estimate of drug-likeness (QED) is 0.709. The van der Waals surface area contributed by atoms with Crippen LogP contribution in [0.2, 0.25) is 0 Å². The average Bonchev–Trinajstić information content (AvgIpc) is 2.91. The van der Waals surface area contributed by atoms with Gasteiger partial charge in [-0.05, 0) is 62.7 Å². The van der Waals surface area contributed by atoms with Crippen LogP contribution in [0.15, 0.2) is 52.7 Å². The number of hydrogen-bond donors (Lipinski definition) is 2. The van der Waals surface area contributed by atoms with E-state index in [9.17, 15) is 0 Å². The van der Waals surface area contributed by atoms with E-state index < -0.39 is 0 Å². The van der Waals surface area contributed by atoms with Crippen molar-refractivity contribution in [2.75, 3.05) is 5.73 Å². The van der Waals surface area contributed by atoms with E-state index in [1.165, 1.54) is 36.0 Å². The summed E-state index contributed by atoms with van der Waals surface area (Å²) in [4.78, 5) is 0. The number of rotatable bonds is 5. The van der Waals surface area contributed by atoms with E-state index in [0.717, 1.165) is 5.57 Å². The summed E-state index contributed by atoms with van der Waals surface area (Å²) >= 11 is 0. The summed E-state index contributed by atoms with van der Waals surface area (Å²) in [7, 11) is 0. The molecular weight excluding hydrogens is 308 g/mol. The number of aromatic amines is 1. The molecule has 0 amide bonds. The molecule has 0 spiro atoms. The zero-order valence-electron chi connectivity index (χ0n) is 16.1. The first-order valence-electron chi connectivity index (χ1n) is 8.88. The lowest BCUT2D eigenvalue weighted by atomic mass is 9.72. The zero-order chi connectivity index (χ0) is 18.4. The maximum Gasteiger partial charge on any atom is 0.146 e. The molecule has 0 radical (unpaired) electrons. The molecule has 1 aromatic rings. The molecule has 4 heteroatoms. The molecule has 1 aromatic heterocycles. The molecule has 0 atom stereocenters. The SMILES string of the molecule is CC1=C(/C=C/C(C)=C/C=C/C(C)=C/c2nn[nH]c2N)C(C)(C)CCC1. The highest BCUT2D eigenvalue weighted by Crippen LogP contribution is 2.40. The molecule has 134 valence electrons. The van der Waals surface area contributed by atoms with Crippen molar-refractivity contribution in [1.29, 1.82) is 0 Å². The molecule has 25 heavy (non-hydrogen) atoms. The minimum Gasteiger partial charge on any atom is -0.382 e. The van der Waals surface area contributed by atoms with Crippen LogP contribution in [0.25, 0.3) is 6.08 Å². The van der Waals surface area contributed by atoms with Crippen LogP contribution in [0.5, 0.6) is 0 Å². The predicted octanol–water partition coefficient (Wildman–Crippen LogP) is 5.38. The Hall–Kier alpha value is -2.36. The number of H-pyrrole nitrogens is 1. The van der Waals surface area contributed by atoms with Gasteiger partial charge in [-0.2, -0.15) is 0 Å². The number of hydrogen-bond acceptors (Lipinski definition) is 3. The third kappa shape index (κ3) is 5.31. The van der Waals surface area contributed by atoms with Gasteiger partial charge in [-0.15, -0.1) is 5.10 Å². The van der Waals surface area contributed by atoms with E-state index in [1.807, 2.05) is 19.1 Å². The lowest BCUT2D eigenvalue weighted by Crippen LogP contribution is -2.19. The second-order valence-electron chi connectivity index (χ2n) is 7.53. The van der Waals surface area contributed by atoms with Crippen molar-refractivity contribution in [3.8, 4) is 0 Å². The molecule has 1 aliphatic carbocycles. The Balaban J connectivity index is 2.04.